The molecule has 3 atom stereocenters. The summed E-state index contributed by atoms with van der Waals surface area (Å²) in [5.41, 5.74) is 5.49. The van der Waals surface area contributed by atoms with Gasteiger partial charge in [0.1, 0.15) is 11.2 Å². The van der Waals surface area contributed by atoms with Crippen LogP contribution in [-0.4, -0.2) is 62.5 Å². The first-order chi connectivity index (χ1) is 16.5. The van der Waals surface area contributed by atoms with E-state index < -0.39 is 23.5 Å². The third-order valence-corrected chi connectivity index (χ3v) is 5.99. The fourth-order valence-corrected chi connectivity index (χ4v) is 3.35. The predicted octanol–water partition coefficient (Wildman–Crippen LogP) is 2.24. The van der Waals surface area contributed by atoms with Gasteiger partial charge in [0.05, 0.1) is 24.3 Å². The van der Waals surface area contributed by atoms with Crippen LogP contribution in [0.5, 0.6) is 5.75 Å². The van der Waals surface area contributed by atoms with Crippen molar-refractivity contribution in [1.29, 1.82) is 5.26 Å². The van der Waals surface area contributed by atoms with E-state index >= 15 is 0 Å². The lowest BCUT2D eigenvalue weighted by molar-refractivity contribution is -0.127. The van der Waals surface area contributed by atoms with Gasteiger partial charge in [-0.05, 0) is 57.1 Å². The van der Waals surface area contributed by atoms with Crippen LogP contribution in [-0.2, 0) is 9.53 Å². The van der Waals surface area contributed by atoms with Gasteiger partial charge in [0, 0.05) is 32.8 Å². The lowest BCUT2D eigenvalue weighted by Crippen LogP contribution is -2.47. The Morgan fingerprint density at radius 3 is 2.43 bits per heavy atom. The molecule has 1 aromatic rings. The number of para-hydroxylation sites is 1. The van der Waals surface area contributed by atoms with Crippen molar-refractivity contribution in [1.82, 2.24) is 10.6 Å². The number of carbonyl (C=O) groups excluding carboxylic acids is 2. The highest BCUT2D eigenvalue weighted by Crippen LogP contribution is 2.21. The molecule has 2 amide bonds. The fraction of sp³-hybridized carbons (Fsp3) is 0.654. The van der Waals surface area contributed by atoms with Crippen molar-refractivity contribution in [3.05, 3.63) is 29.8 Å². The first-order valence-electron chi connectivity index (χ1n) is 12.2. The molecule has 35 heavy (non-hydrogen) atoms. The standard InChI is InChI=1S/C26H42N4O5/c1-18(2)19(14-21(28)22(31)16-30-25(33)26(3,4)17-27)15-29-24(32)20-10-6-7-11-23(20)35-13-9-8-12-34-5/h6-7,10-11,18-19,21-22,31H,8-9,12-16,28H2,1-5H3,(H,29,32)(H,30,33)/t19-,21+,22+/m1/s1. The molecule has 1 rings (SSSR count). The van der Waals surface area contributed by atoms with Gasteiger partial charge in [-0.1, -0.05) is 26.0 Å². The van der Waals surface area contributed by atoms with Gasteiger partial charge >= 0.3 is 0 Å². The number of ether oxygens (including phenoxy) is 2. The molecule has 0 radical (unpaired) electrons. The van der Waals surface area contributed by atoms with Crippen LogP contribution in [0.2, 0.25) is 0 Å². The Labute approximate surface area is 209 Å². The molecule has 0 unspecified atom stereocenters. The Morgan fingerprint density at radius 1 is 1.14 bits per heavy atom. The number of nitrogens with zero attached hydrogens (tertiary/aromatic N) is 1. The molecule has 5 N–H and O–H groups in total. The number of nitriles is 1. The van der Waals surface area contributed by atoms with Gasteiger partial charge in [-0.2, -0.15) is 5.26 Å². The molecule has 0 aliphatic heterocycles. The van der Waals surface area contributed by atoms with E-state index in [1.54, 1.807) is 25.3 Å². The number of nitrogens with one attached hydrogen (secondary N) is 2. The molecular weight excluding hydrogens is 448 g/mol. The average Bonchev–Trinajstić information content (AvgIpc) is 2.84. The smallest absolute Gasteiger partial charge is 0.255 e. The van der Waals surface area contributed by atoms with Crippen LogP contribution in [0.25, 0.3) is 0 Å². The second-order valence-electron chi connectivity index (χ2n) is 9.67. The summed E-state index contributed by atoms with van der Waals surface area (Å²) in [5, 5.41) is 25.0. The Kier molecular flexibility index (Phi) is 13.3. The van der Waals surface area contributed by atoms with Crippen molar-refractivity contribution in [2.75, 3.05) is 33.4 Å². The van der Waals surface area contributed by atoms with Crippen LogP contribution in [0.1, 0.15) is 57.3 Å². The van der Waals surface area contributed by atoms with E-state index in [0.717, 1.165) is 12.8 Å². The van der Waals surface area contributed by atoms with E-state index in [9.17, 15) is 14.7 Å². The quantitative estimate of drug-likeness (QED) is 0.260. The number of rotatable bonds is 16. The maximum atomic E-state index is 12.9. The molecular formula is C26H42N4O5. The predicted molar refractivity (Wildman–Crippen MR) is 135 cm³/mol. The van der Waals surface area contributed by atoms with Crippen LogP contribution in [0.3, 0.4) is 0 Å². The summed E-state index contributed by atoms with van der Waals surface area (Å²) in [6.45, 7) is 8.59. The molecule has 0 spiro atoms. The number of carbonyl (C=O) groups is 2. The normalized spacial score (nSPS) is 14.0. The van der Waals surface area contributed by atoms with Gasteiger partial charge in [0.15, 0.2) is 0 Å². The summed E-state index contributed by atoms with van der Waals surface area (Å²) in [7, 11) is 1.66. The highest BCUT2D eigenvalue weighted by Gasteiger charge is 2.29. The summed E-state index contributed by atoms with van der Waals surface area (Å²) in [4.78, 5) is 24.9. The first-order valence-corrected chi connectivity index (χ1v) is 12.2. The third-order valence-electron chi connectivity index (χ3n) is 5.99. The highest BCUT2D eigenvalue weighted by molar-refractivity contribution is 5.96. The minimum atomic E-state index is -1.18. The van der Waals surface area contributed by atoms with Gasteiger partial charge in [-0.3, -0.25) is 9.59 Å². The van der Waals surface area contributed by atoms with Gasteiger partial charge in [0.25, 0.3) is 5.91 Å². The van der Waals surface area contributed by atoms with Crippen molar-refractivity contribution >= 4 is 11.8 Å². The number of benzene rings is 1. The number of aliphatic hydroxyl groups excluding tert-OH is 1. The molecule has 0 fully saturated rings. The monoisotopic (exact) mass is 490 g/mol. The summed E-state index contributed by atoms with van der Waals surface area (Å²) in [6, 6.07) is 8.45. The molecule has 0 aliphatic rings. The first kappa shape index (κ1) is 30.4. The number of methoxy groups -OCH3 is 1. The zero-order valence-corrected chi connectivity index (χ0v) is 21.7. The summed E-state index contributed by atoms with van der Waals surface area (Å²) in [6.07, 6.45) is 1.19. The lowest BCUT2D eigenvalue weighted by atomic mass is 9.87. The number of unbranched alkanes of at least 4 members (excludes halogenated alkanes) is 1. The van der Waals surface area contributed by atoms with Gasteiger partial charge in [0.2, 0.25) is 5.91 Å². The minimum absolute atomic E-state index is 0.0111. The summed E-state index contributed by atoms with van der Waals surface area (Å²) < 4.78 is 10.8. The summed E-state index contributed by atoms with van der Waals surface area (Å²) in [5.74, 6) is 0.0540. The minimum Gasteiger partial charge on any atom is -0.493 e. The zero-order chi connectivity index (χ0) is 26.4. The van der Waals surface area contributed by atoms with E-state index in [1.165, 1.54) is 13.8 Å². The van der Waals surface area contributed by atoms with Gasteiger partial charge in [-0.15, -0.1) is 0 Å². The zero-order valence-electron chi connectivity index (χ0n) is 21.7. The largest absolute Gasteiger partial charge is 0.493 e. The molecule has 1 aromatic carbocycles. The molecule has 0 saturated heterocycles. The number of hydrogen-bond donors (Lipinski definition) is 4. The van der Waals surface area contributed by atoms with Gasteiger partial charge < -0.3 is 30.9 Å². The number of hydrogen-bond acceptors (Lipinski definition) is 7. The van der Waals surface area contributed by atoms with Crippen molar-refractivity contribution in [3.63, 3.8) is 0 Å². The molecule has 0 saturated carbocycles. The lowest BCUT2D eigenvalue weighted by Gasteiger charge is -2.28. The molecule has 0 aliphatic carbocycles. The number of aliphatic hydroxyl groups is 1. The van der Waals surface area contributed by atoms with E-state index in [0.29, 0.717) is 37.5 Å². The molecule has 196 valence electrons. The van der Waals surface area contributed by atoms with Crippen LogP contribution >= 0.6 is 0 Å². The van der Waals surface area contributed by atoms with Crippen LogP contribution < -0.4 is 21.1 Å². The summed E-state index contributed by atoms with van der Waals surface area (Å²) >= 11 is 0. The molecule has 0 bridgehead atoms. The fourth-order valence-electron chi connectivity index (χ4n) is 3.35. The van der Waals surface area contributed by atoms with Crippen molar-refractivity contribution < 1.29 is 24.2 Å². The Morgan fingerprint density at radius 2 is 1.80 bits per heavy atom. The average molecular weight is 491 g/mol. The highest BCUT2D eigenvalue weighted by atomic mass is 16.5. The Balaban J connectivity index is 2.64. The molecule has 9 heteroatoms. The molecule has 0 heterocycles. The van der Waals surface area contributed by atoms with Crippen LogP contribution in [0.15, 0.2) is 24.3 Å². The third kappa shape index (κ3) is 10.6. The second-order valence-corrected chi connectivity index (χ2v) is 9.67. The Hall–Kier alpha value is -2.67. The van der Waals surface area contributed by atoms with E-state index in [1.807, 2.05) is 26.0 Å². The van der Waals surface area contributed by atoms with Crippen molar-refractivity contribution in [2.45, 2.75) is 59.1 Å². The topological polar surface area (TPSA) is 147 Å². The molecule has 0 aromatic heterocycles. The maximum Gasteiger partial charge on any atom is 0.255 e. The second kappa shape index (κ2) is 15.4. The number of amides is 2. The van der Waals surface area contributed by atoms with Crippen molar-refractivity contribution in [3.8, 4) is 11.8 Å². The Bertz CT molecular complexity index is 837. The SMILES string of the molecule is COCCCCOc1ccccc1C(=O)NC[C@@H](C[C@H](N)[C@@H](O)CNC(=O)C(C)(C)C#N)C(C)C. The van der Waals surface area contributed by atoms with E-state index in [4.69, 9.17) is 20.5 Å². The number of nitrogens with two attached hydrogens (primary N) is 1. The van der Waals surface area contributed by atoms with Gasteiger partial charge in [-0.25, -0.2) is 0 Å². The van der Waals surface area contributed by atoms with E-state index in [2.05, 4.69) is 10.6 Å². The van der Waals surface area contributed by atoms with E-state index in [-0.39, 0.29) is 24.3 Å². The molecule has 9 nitrogen and oxygen atoms in total. The maximum absolute atomic E-state index is 12.9. The van der Waals surface area contributed by atoms with Crippen LogP contribution in [0.4, 0.5) is 0 Å². The van der Waals surface area contributed by atoms with Crippen LogP contribution in [0, 0.1) is 28.6 Å². The van der Waals surface area contributed by atoms with Crippen molar-refractivity contribution in [2.24, 2.45) is 23.0 Å².